The van der Waals surface area contributed by atoms with Gasteiger partial charge >= 0.3 is 5.97 Å². The van der Waals surface area contributed by atoms with E-state index >= 15 is 0 Å². The first-order valence-corrected chi connectivity index (χ1v) is 18.8. The van der Waals surface area contributed by atoms with E-state index < -0.39 is 102 Å². The zero-order chi connectivity index (χ0) is 42.6. The summed E-state index contributed by atoms with van der Waals surface area (Å²) in [5, 5.41) is 42.3. The molecular weight excluding hydrogens is 746 g/mol. The lowest BCUT2D eigenvalue weighted by atomic mass is 10.0. The molecule has 314 valence electrons. The molecule has 0 bridgehead atoms. The van der Waals surface area contributed by atoms with E-state index in [1.807, 2.05) is 32.0 Å². The van der Waals surface area contributed by atoms with Crippen molar-refractivity contribution >= 4 is 58.2 Å². The molecule has 7 amide bonds. The standard InChI is InChI=1S/C37H55N9O11/c1-18(2)14-26(33(52)41-19(3)31(50)42-25(37(56)57)11-12-29(39)49)43-34(53)28-10-7-13-46(28)36(55)27(15-21-16-40-24-9-6-5-8-22(21)24)44-35(54)30(20(4)48)45-32(51)23(38)17-47/h5-6,8-9,16,18-20,23,25-28,30,40,47-48H,7,10-15,17,38H2,1-4H3,(H2,39,49)(H,41,52)(H,42,50)(H,43,53)(H,44,54)(H,45,51)(H,56,57)/t19-,20+,23-,25-,26-,27-,28-,30-/m0/s1. The van der Waals surface area contributed by atoms with Crippen molar-refractivity contribution < 1.29 is 53.7 Å². The Hall–Kier alpha value is -5.60. The Labute approximate surface area is 329 Å². The number of fused-ring (bicyclic) bond motifs is 1. The van der Waals surface area contributed by atoms with E-state index in [-0.39, 0.29) is 44.6 Å². The molecule has 13 N–H and O–H groups in total. The molecule has 1 aliphatic rings. The summed E-state index contributed by atoms with van der Waals surface area (Å²) in [6.45, 7) is 5.59. The molecule has 2 aromatic rings. The fourth-order valence-corrected chi connectivity index (χ4v) is 6.42. The van der Waals surface area contributed by atoms with E-state index in [0.717, 1.165) is 10.9 Å². The van der Waals surface area contributed by atoms with Gasteiger partial charge in [-0.3, -0.25) is 33.6 Å². The number of nitrogens with zero attached hydrogens (tertiary/aromatic N) is 1. The molecule has 3 rings (SSSR count). The molecule has 20 heteroatoms. The maximum Gasteiger partial charge on any atom is 0.326 e. The Morgan fingerprint density at radius 1 is 0.877 bits per heavy atom. The second-order valence-corrected chi connectivity index (χ2v) is 14.7. The maximum atomic E-state index is 14.4. The number of aromatic amines is 1. The van der Waals surface area contributed by atoms with Crippen LogP contribution in [0.2, 0.25) is 0 Å². The fourth-order valence-electron chi connectivity index (χ4n) is 6.42. The van der Waals surface area contributed by atoms with Gasteiger partial charge in [0.2, 0.25) is 41.4 Å². The number of benzene rings is 1. The van der Waals surface area contributed by atoms with Gasteiger partial charge in [0.1, 0.15) is 42.3 Å². The largest absolute Gasteiger partial charge is 0.480 e. The molecule has 8 atom stereocenters. The lowest BCUT2D eigenvalue weighted by Crippen LogP contribution is -2.61. The van der Waals surface area contributed by atoms with Gasteiger partial charge in [-0.15, -0.1) is 0 Å². The van der Waals surface area contributed by atoms with Crippen molar-refractivity contribution in [3.8, 4) is 0 Å². The first kappa shape index (κ1) is 45.8. The number of aliphatic hydroxyl groups is 2. The SMILES string of the molecule is CC(C)C[C@H](NC(=O)[C@@H]1CCCN1C(=O)[C@H](Cc1c[nH]c2ccccc12)NC(=O)[C@@H](NC(=O)[C@@H](N)CO)[C@@H](C)O)C(=O)N[C@@H](C)C(=O)N[C@@H](CCC(N)=O)C(=O)O. The maximum absolute atomic E-state index is 14.4. The molecule has 1 saturated heterocycles. The second kappa shape index (κ2) is 21.1. The lowest BCUT2D eigenvalue weighted by Gasteiger charge is -2.31. The van der Waals surface area contributed by atoms with Crippen molar-refractivity contribution in [2.75, 3.05) is 13.2 Å². The molecule has 0 radical (unpaired) electrons. The number of hydrogen-bond donors (Lipinski definition) is 11. The van der Waals surface area contributed by atoms with Crippen LogP contribution in [0.1, 0.15) is 65.4 Å². The molecule has 20 nitrogen and oxygen atoms in total. The third-order valence-electron chi connectivity index (χ3n) is 9.53. The number of rotatable bonds is 21. The molecule has 1 aromatic carbocycles. The summed E-state index contributed by atoms with van der Waals surface area (Å²) < 4.78 is 0. The van der Waals surface area contributed by atoms with Crippen LogP contribution < -0.4 is 38.1 Å². The summed E-state index contributed by atoms with van der Waals surface area (Å²) in [4.78, 5) is 108. The topological polar surface area (TPSA) is 328 Å². The van der Waals surface area contributed by atoms with Crippen LogP contribution in [0.3, 0.4) is 0 Å². The average Bonchev–Trinajstić information content (AvgIpc) is 3.81. The van der Waals surface area contributed by atoms with Gasteiger partial charge < -0.3 is 63.3 Å². The number of likely N-dealkylation sites (tertiary alicyclic amines) is 1. The van der Waals surface area contributed by atoms with Crippen molar-refractivity contribution in [3.05, 3.63) is 36.0 Å². The number of primary amides is 1. The Kier molecular flexibility index (Phi) is 16.9. The number of aliphatic carboxylic acids is 1. The number of nitrogens with two attached hydrogens (primary N) is 2. The van der Waals surface area contributed by atoms with Crippen LogP contribution in [-0.4, -0.2) is 134 Å². The minimum atomic E-state index is -1.56. The Morgan fingerprint density at radius 3 is 2.16 bits per heavy atom. The number of para-hydroxylation sites is 1. The van der Waals surface area contributed by atoms with Crippen molar-refractivity contribution in [2.24, 2.45) is 17.4 Å². The molecule has 0 unspecified atom stereocenters. The first-order valence-electron chi connectivity index (χ1n) is 18.8. The normalized spacial score (nSPS) is 17.7. The van der Waals surface area contributed by atoms with E-state index in [1.165, 1.54) is 18.7 Å². The molecule has 1 aromatic heterocycles. The summed E-state index contributed by atoms with van der Waals surface area (Å²) in [6, 6.07) is -1.89. The number of hydrogen-bond acceptors (Lipinski definition) is 11. The highest BCUT2D eigenvalue weighted by Gasteiger charge is 2.40. The Bertz CT molecular complexity index is 1780. The smallest absolute Gasteiger partial charge is 0.326 e. The molecule has 57 heavy (non-hydrogen) atoms. The number of carbonyl (C=O) groups is 8. The average molecular weight is 802 g/mol. The van der Waals surface area contributed by atoms with Gasteiger partial charge in [0, 0.05) is 36.5 Å². The molecule has 2 heterocycles. The van der Waals surface area contributed by atoms with Crippen LogP contribution in [0.25, 0.3) is 10.9 Å². The van der Waals surface area contributed by atoms with Crippen molar-refractivity contribution in [1.29, 1.82) is 0 Å². The molecule has 0 saturated carbocycles. The van der Waals surface area contributed by atoms with Gasteiger partial charge in [0.05, 0.1) is 12.7 Å². The van der Waals surface area contributed by atoms with Crippen molar-refractivity contribution in [1.82, 2.24) is 36.5 Å². The van der Waals surface area contributed by atoms with Gasteiger partial charge in [0.15, 0.2) is 0 Å². The lowest BCUT2D eigenvalue weighted by molar-refractivity contribution is -0.143. The number of amides is 7. The van der Waals surface area contributed by atoms with Crippen LogP contribution in [0.5, 0.6) is 0 Å². The number of carbonyl (C=O) groups excluding carboxylic acids is 7. The van der Waals surface area contributed by atoms with Crippen LogP contribution in [0.15, 0.2) is 30.5 Å². The van der Waals surface area contributed by atoms with E-state index in [4.69, 9.17) is 11.5 Å². The fraction of sp³-hybridized carbons (Fsp3) is 0.568. The summed E-state index contributed by atoms with van der Waals surface area (Å²) in [7, 11) is 0. The van der Waals surface area contributed by atoms with Gasteiger partial charge in [-0.25, -0.2) is 4.79 Å². The monoisotopic (exact) mass is 801 g/mol. The van der Waals surface area contributed by atoms with Gasteiger partial charge in [-0.1, -0.05) is 32.0 Å². The van der Waals surface area contributed by atoms with Crippen LogP contribution in [-0.2, 0) is 44.8 Å². The highest BCUT2D eigenvalue weighted by molar-refractivity contribution is 5.98. The van der Waals surface area contributed by atoms with Gasteiger partial charge in [-0.2, -0.15) is 0 Å². The summed E-state index contributed by atoms with van der Waals surface area (Å²) in [5.41, 5.74) is 12.1. The van der Waals surface area contributed by atoms with Crippen molar-refractivity contribution in [2.45, 2.75) is 115 Å². The van der Waals surface area contributed by atoms with Gasteiger partial charge in [0.25, 0.3) is 0 Å². The molecule has 1 fully saturated rings. The van der Waals surface area contributed by atoms with Crippen LogP contribution in [0, 0.1) is 5.92 Å². The third-order valence-corrected chi connectivity index (χ3v) is 9.53. The molecule has 1 aliphatic heterocycles. The van der Waals surface area contributed by atoms with Crippen LogP contribution in [0.4, 0.5) is 0 Å². The number of nitrogens with one attached hydrogen (secondary N) is 6. The highest BCUT2D eigenvalue weighted by atomic mass is 16.4. The number of carboxylic acid groups (broad SMARTS) is 1. The predicted molar refractivity (Wildman–Crippen MR) is 204 cm³/mol. The number of H-pyrrole nitrogens is 1. The molecule has 0 spiro atoms. The quantitative estimate of drug-likeness (QED) is 0.0612. The van der Waals surface area contributed by atoms with E-state index in [2.05, 4.69) is 31.6 Å². The number of aromatic nitrogens is 1. The summed E-state index contributed by atoms with van der Waals surface area (Å²) in [6.07, 6.45) is 0.385. The second-order valence-electron chi connectivity index (χ2n) is 14.7. The third kappa shape index (κ3) is 13.0. The molecular formula is C37H55N9O11. The minimum Gasteiger partial charge on any atom is -0.480 e. The van der Waals surface area contributed by atoms with E-state index in [1.54, 1.807) is 12.3 Å². The first-order chi connectivity index (χ1) is 26.8. The minimum absolute atomic E-state index is 0.0559. The highest BCUT2D eigenvalue weighted by Crippen LogP contribution is 2.23. The zero-order valence-corrected chi connectivity index (χ0v) is 32.4. The number of aliphatic hydroxyl groups excluding tert-OH is 2. The summed E-state index contributed by atoms with van der Waals surface area (Å²) in [5.74, 6) is -7.00. The van der Waals surface area contributed by atoms with E-state index in [9.17, 15) is 53.7 Å². The predicted octanol–water partition coefficient (Wildman–Crippen LogP) is -2.76. The Balaban J connectivity index is 1.83. The van der Waals surface area contributed by atoms with Crippen LogP contribution >= 0.6 is 0 Å². The number of carboxylic acids is 1. The summed E-state index contributed by atoms with van der Waals surface area (Å²) >= 11 is 0. The molecule has 0 aliphatic carbocycles. The Morgan fingerprint density at radius 2 is 1.54 bits per heavy atom. The van der Waals surface area contributed by atoms with E-state index in [0.29, 0.717) is 12.0 Å². The zero-order valence-electron chi connectivity index (χ0n) is 32.4. The van der Waals surface area contributed by atoms with Crippen molar-refractivity contribution in [3.63, 3.8) is 0 Å². The van der Waals surface area contributed by atoms with Gasteiger partial charge in [-0.05, 0) is 57.1 Å².